The fourth-order valence-electron chi connectivity index (χ4n) is 1.96. The molecule has 2 rings (SSSR count). The average molecular weight is 285 g/mol. The number of hydrogen-bond acceptors (Lipinski definition) is 3. The van der Waals surface area contributed by atoms with Crippen LogP contribution in [0.2, 0.25) is 0 Å². The van der Waals surface area contributed by atoms with Crippen LogP contribution in [-0.2, 0) is 4.79 Å². The van der Waals surface area contributed by atoms with Gasteiger partial charge in [-0.1, -0.05) is 42.0 Å². The van der Waals surface area contributed by atoms with E-state index in [0.29, 0.717) is 5.75 Å². The van der Waals surface area contributed by atoms with Crippen LogP contribution >= 0.6 is 0 Å². The van der Waals surface area contributed by atoms with Gasteiger partial charge in [0.1, 0.15) is 5.75 Å². The zero-order valence-electron chi connectivity index (χ0n) is 12.0. The number of aryl methyl sites for hydroxylation is 1. The number of carbonyl (C=O) groups excluding carboxylic acids is 1. The zero-order chi connectivity index (χ0) is 15.1. The number of amides is 1. The van der Waals surface area contributed by atoms with Gasteiger partial charge in [-0.25, -0.2) is 0 Å². The van der Waals surface area contributed by atoms with E-state index in [2.05, 4.69) is 30.4 Å². The summed E-state index contributed by atoms with van der Waals surface area (Å²) in [5.41, 5.74) is 3.48. The predicted molar refractivity (Wildman–Crippen MR) is 82.2 cm³/mol. The lowest BCUT2D eigenvalue weighted by Crippen LogP contribution is -2.31. The molecule has 0 saturated carbocycles. The minimum Gasteiger partial charge on any atom is -0.484 e. The molecule has 1 amide bonds. The largest absolute Gasteiger partial charge is 0.484 e. The third-order valence-corrected chi connectivity index (χ3v) is 3.01. The maximum atomic E-state index is 11.4. The van der Waals surface area contributed by atoms with Crippen LogP contribution in [0.25, 0.3) is 11.1 Å². The van der Waals surface area contributed by atoms with Crippen molar-refractivity contribution in [2.24, 2.45) is 0 Å². The van der Waals surface area contributed by atoms with E-state index in [1.165, 1.54) is 5.56 Å². The van der Waals surface area contributed by atoms with Crippen molar-refractivity contribution in [3.05, 3.63) is 54.1 Å². The molecule has 0 heterocycles. The van der Waals surface area contributed by atoms with E-state index in [0.717, 1.165) is 11.1 Å². The van der Waals surface area contributed by atoms with E-state index < -0.39 is 0 Å². The van der Waals surface area contributed by atoms with Crippen LogP contribution in [0.15, 0.2) is 48.5 Å². The molecule has 0 saturated heterocycles. The summed E-state index contributed by atoms with van der Waals surface area (Å²) in [6.45, 7) is 2.18. The van der Waals surface area contributed by atoms with Gasteiger partial charge in [0.15, 0.2) is 6.61 Å². The fourth-order valence-corrected chi connectivity index (χ4v) is 1.96. The van der Waals surface area contributed by atoms with E-state index >= 15 is 0 Å². The van der Waals surface area contributed by atoms with Crippen LogP contribution in [0.5, 0.6) is 5.75 Å². The Hall–Kier alpha value is -2.33. The lowest BCUT2D eigenvalue weighted by atomic mass is 10.0. The molecule has 0 bridgehead atoms. The summed E-state index contributed by atoms with van der Waals surface area (Å²) in [5, 5.41) is 11.1. The quantitative estimate of drug-likeness (QED) is 0.855. The van der Waals surface area contributed by atoms with Crippen LogP contribution in [0.3, 0.4) is 0 Å². The standard InChI is InChI=1S/C17H19NO3/c1-13-3-2-4-15(11-13)14-5-7-16(8-6-14)21-12-17(20)18-9-10-19/h2-8,11,19H,9-10,12H2,1H3,(H,18,20). The van der Waals surface area contributed by atoms with Gasteiger partial charge in [-0.3, -0.25) is 4.79 Å². The molecule has 2 aromatic carbocycles. The van der Waals surface area contributed by atoms with E-state index in [9.17, 15) is 4.79 Å². The molecule has 0 atom stereocenters. The number of aliphatic hydroxyl groups excluding tert-OH is 1. The third kappa shape index (κ3) is 4.61. The first-order valence-corrected chi connectivity index (χ1v) is 6.86. The first kappa shape index (κ1) is 15.1. The summed E-state index contributed by atoms with van der Waals surface area (Å²) in [6.07, 6.45) is 0. The van der Waals surface area contributed by atoms with Crippen LogP contribution in [0.1, 0.15) is 5.56 Å². The Kier molecular flexibility index (Phi) is 5.35. The van der Waals surface area contributed by atoms with Crippen molar-refractivity contribution in [3.8, 4) is 16.9 Å². The van der Waals surface area contributed by atoms with E-state index in [4.69, 9.17) is 9.84 Å². The number of carbonyl (C=O) groups is 1. The van der Waals surface area contributed by atoms with Gasteiger partial charge in [0.2, 0.25) is 0 Å². The first-order valence-electron chi connectivity index (χ1n) is 6.86. The molecule has 2 aromatic rings. The molecule has 4 nitrogen and oxygen atoms in total. The highest BCUT2D eigenvalue weighted by molar-refractivity contribution is 5.77. The van der Waals surface area contributed by atoms with Crippen LogP contribution < -0.4 is 10.1 Å². The lowest BCUT2D eigenvalue weighted by molar-refractivity contribution is -0.123. The van der Waals surface area contributed by atoms with Crippen molar-refractivity contribution in [2.45, 2.75) is 6.92 Å². The number of aliphatic hydroxyl groups is 1. The molecule has 0 aromatic heterocycles. The Labute approximate surface area is 124 Å². The van der Waals surface area contributed by atoms with Crippen molar-refractivity contribution in [2.75, 3.05) is 19.8 Å². The molecule has 0 unspecified atom stereocenters. The summed E-state index contributed by atoms with van der Waals surface area (Å²) in [5.74, 6) is 0.400. The Morgan fingerprint density at radius 1 is 1.14 bits per heavy atom. The van der Waals surface area contributed by atoms with E-state index in [-0.39, 0.29) is 25.7 Å². The zero-order valence-corrected chi connectivity index (χ0v) is 12.0. The maximum Gasteiger partial charge on any atom is 0.258 e. The average Bonchev–Trinajstić information content (AvgIpc) is 2.51. The molecule has 2 N–H and O–H groups in total. The Balaban J connectivity index is 1.94. The minimum atomic E-state index is -0.244. The molecule has 4 heteroatoms. The second kappa shape index (κ2) is 7.45. The summed E-state index contributed by atoms with van der Waals surface area (Å²) in [6, 6.07) is 15.9. The SMILES string of the molecule is Cc1cccc(-c2ccc(OCC(=O)NCCO)cc2)c1. The third-order valence-electron chi connectivity index (χ3n) is 3.01. The number of benzene rings is 2. The second-order valence-corrected chi connectivity index (χ2v) is 4.76. The number of hydrogen-bond donors (Lipinski definition) is 2. The van der Waals surface area contributed by atoms with Crippen LogP contribution in [0.4, 0.5) is 0 Å². The van der Waals surface area contributed by atoms with E-state index in [1.807, 2.05) is 30.3 Å². The molecule has 0 spiro atoms. The highest BCUT2D eigenvalue weighted by atomic mass is 16.5. The highest BCUT2D eigenvalue weighted by Gasteiger charge is 2.03. The molecule has 0 fully saturated rings. The van der Waals surface area contributed by atoms with E-state index in [1.54, 1.807) is 0 Å². The Bertz CT molecular complexity index is 593. The Morgan fingerprint density at radius 2 is 1.90 bits per heavy atom. The van der Waals surface area contributed by atoms with Crippen molar-refractivity contribution >= 4 is 5.91 Å². The van der Waals surface area contributed by atoms with Gasteiger partial charge in [-0.15, -0.1) is 0 Å². The van der Waals surface area contributed by atoms with Gasteiger partial charge >= 0.3 is 0 Å². The summed E-state index contributed by atoms with van der Waals surface area (Å²) in [4.78, 5) is 11.4. The monoisotopic (exact) mass is 285 g/mol. The topological polar surface area (TPSA) is 58.6 Å². The number of nitrogens with one attached hydrogen (secondary N) is 1. The van der Waals surface area contributed by atoms with Gasteiger partial charge in [0, 0.05) is 6.54 Å². The molecule has 110 valence electrons. The normalized spacial score (nSPS) is 10.2. The molecule has 0 aliphatic carbocycles. The summed E-state index contributed by atoms with van der Waals surface area (Å²) < 4.78 is 5.39. The maximum absolute atomic E-state index is 11.4. The molecule has 0 aliphatic rings. The molecular formula is C17H19NO3. The number of rotatable bonds is 6. The van der Waals surface area contributed by atoms with Crippen molar-refractivity contribution in [3.63, 3.8) is 0 Å². The predicted octanol–water partition coefficient (Wildman–Crippen LogP) is 2.15. The first-order chi connectivity index (χ1) is 10.2. The number of ether oxygens (including phenoxy) is 1. The second-order valence-electron chi connectivity index (χ2n) is 4.76. The van der Waals surface area contributed by atoms with Crippen LogP contribution in [0, 0.1) is 6.92 Å². The highest BCUT2D eigenvalue weighted by Crippen LogP contribution is 2.23. The fraction of sp³-hybridized carbons (Fsp3) is 0.235. The Morgan fingerprint density at radius 3 is 2.57 bits per heavy atom. The molecule has 0 aliphatic heterocycles. The van der Waals surface area contributed by atoms with Crippen molar-refractivity contribution in [1.82, 2.24) is 5.32 Å². The van der Waals surface area contributed by atoms with Crippen molar-refractivity contribution < 1.29 is 14.6 Å². The van der Waals surface area contributed by atoms with Gasteiger partial charge < -0.3 is 15.2 Å². The molecule has 21 heavy (non-hydrogen) atoms. The molecule has 0 radical (unpaired) electrons. The van der Waals surface area contributed by atoms with Gasteiger partial charge in [0.05, 0.1) is 6.61 Å². The lowest BCUT2D eigenvalue weighted by Gasteiger charge is -2.08. The van der Waals surface area contributed by atoms with Gasteiger partial charge in [0.25, 0.3) is 5.91 Å². The van der Waals surface area contributed by atoms with Crippen LogP contribution in [-0.4, -0.2) is 30.8 Å². The summed E-state index contributed by atoms with van der Waals surface area (Å²) in [7, 11) is 0. The minimum absolute atomic E-state index is 0.0518. The summed E-state index contributed by atoms with van der Waals surface area (Å²) >= 11 is 0. The van der Waals surface area contributed by atoms with Gasteiger partial charge in [-0.2, -0.15) is 0 Å². The smallest absolute Gasteiger partial charge is 0.258 e. The van der Waals surface area contributed by atoms with Crippen molar-refractivity contribution in [1.29, 1.82) is 0 Å². The van der Waals surface area contributed by atoms with Gasteiger partial charge in [-0.05, 0) is 30.2 Å². The molecular weight excluding hydrogens is 266 g/mol.